The predicted molar refractivity (Wildman–Crippen MR) is 68.4 cm³/mol. The quantitative estimate of drug-likeness (QED) is 0.332. The second-order valence-electron chi connectivity index (χ2n) is 4.49. The van der Waals surface area contributed by atoms with Crippen molar-refractivity contribution in [1.82, 2.24) is 5.32 Å². The third-order valence-corrected chi connectivity index (χ3v) is 3.47. The zero-order chi connectivity index (χ0) is 12.4. The van der Waals surface area contributed by atoms with Crippen LogP contribution < -0.4 is 11.1 Å². The summed E-state index contributed by atoms with van der Waals surface area (Å²) in [6, 6.07) is 6.03. The van der Waals surface area contributed by atoms with Crippen molar-refractivity contribution in [2.75, 3.05) is 0 Å². The van der Waals surface area contributed by atoms with Crippen molar-refractivity contribution in [3.05, 3.63) is 34.3 Å². The number of nitrogens with zero attached hydrogens (tertiary/aromatic N) is 1. The Morgan fingerprint density at radius 1 is 1.65 bits per heavy atom. The lowest BCUT2D eigenvalue weighted by atomic mass is 10.1. The number of benzene rings is 1. The maximum absolute atomic E-state index is 8.57. The van der Waals surface area contributed by atoms with E-state index < -0.39 is 0 Å². The minimum atomic E-state index is 0.0715. The van der Waals surface area contributed by atoms with Crippen molar-refractivity contribution in [2.24, 2.45) is 16.8 Å². The van der Waals surface area contributed by atoms with E-state index in [1.807, 2.05) is 6.07 Å². The number of amidine groups is 1. The molecule has 4 N–H and O–H groups in total. The van der Waals surface area contributed by atoms with Crippen LogP contribution in [0, 0.1) is 5.92 Å². The number of hydrogen-bond acceptors (Lipinski definition) is 3. The summed E-state index contributed by atoms with van der Waals surface area (Å²) >= 11 is 6.14. The first-order chi connectivity index (χ1) is 8.11. The van der Waals surface area contributed by atoms with Crippen LogP contribution in [0.3, 0.4) is 0 Å². The summed E-state index contributed by atoms with van der Waals surface area (Å²) in [4.78, 5) is 0. The summed E-state index contributed by atoms with van der Waals surface area (Å²) in [7, 11) is 0. The fraction of sp³-hybridized carbons (Fsp3) is 0.417. The fourth-order valence-corrected chi connectivity index (χ4v) is 2.00. The van der Waals surface area contributed by atoms with Gasteiger partial charge in [-0.15, -0.1) is 0 Å². The van der Waals surface area contributed by atoms with Gasteiger partial charge in [0.1, 0.15) is 0 Å². The lowest BCUT2D eigenvalue weighted by molar-refractivity contribution is 0.318. The van der Waals surface area contributed by atoms with Crippen molar-refractivity contribution in [2.45, 2.75) is 25.9 Å². The molecule has 17 heavy (non-hydrogen) atoms. The minimum Gasteiger partial charge on any atom is -0.409 e. The van der Waals surface area contributed by atoms with Gasteiger partial charge >= 0.3 is 0 Å². The molecular weight excluding hydrogens is 238 g/mol. The first kappa shape index (κ1) is 12.2. The molecule has 0 aliphatic heterocycles. The van der Waals surface area contributed by atoms with Gasteiger partial charge in [0.15, 0.2) is 5.84 Å². The average Bonchev–Trinajstić information content (AvgIpc) is 3.02. The highest BCUT2D eigenvalue weighted by atomic mass is 35.5. The van der Waals surface area contributed by atoms with Gasteiger partial charge in [-0.1, -0.05) is 35.8 Å². The van der Waals surface area contributed by atoms with Gasteiger partial charge in [0.2, 0.25) is 0 Å². The Balaban J connectivity index is 2.03. The number of halogens is 1. The van der Waals surface area contributed by atoms with E-state index in [4.69, 9.17) is 22.5 Å². The topological polar surface area (TPSA) is 70.6 Å². The first-order valence-electron chi connectivity index (χ1n) is 5.61. The van der Waals surface area contributed by atoms with Crippen LogP contribution >= 0.6 is 11.6 Å². The molecule has 1 saturated carbocycles. The van der Waals surface area contributed by atoms with E-state index in [0.717, 1.165) is 18.0 Å². The van der Waals surface area contributed by atoms with E-state index in [1.54, 1.807) is 12.1 Å². The van der Waals surface area contributed by atoms with Gasteiger partial charge in [-0.25, -0.2) is 0 Å². The van der Waals surface area contributed by atoms with Crippen molar-refractivity contribution in [1.29, 1.82) is 0 Å². The van der Waals surface area contributed by atoms with E-state index in [1.165, 1.54) is 6.42 Å². The van der Waals surface area contributed by atoms with Gasteiger partial charge in [-0.3, -0.25) is 0 Å². The molecule has 0 saturated heterocycles. The lowest BCUT2D eigenvalue weighted by Gasteiger charge is -2.07. The SMILES string of the molecule is CC1CC1NCc1ccc(/C(N)=N/O)cc1Cl. The highest BCUT2D eigenvalue weighted by Gasteiger charge is 2.31. The Kier molecular flexibility index (Phi) is 3.54. The second-order valence-corrected chi connectivity index (χ2v) is 4.90. The largest absolute Gasteiger partial charge is 0.409 e. The maximum atomic E-state index is 8.57. The Bertz CT molecular complexity index is 447. The molecule has 1 aromatic rings. The van der Waals surface area contributed by atoms with E-state index in [2.05, 4.69) is 17.4 Å². The predicted octanol–water partition coefficient (Wildman–Crippen LogP) is 1.93. The Morgan fingerprint density at radius 2 is 2.35 bits per heavy atom. The Hall–Kier alpha value is -1.26. The van der Waals surface area contributed by atoms with E-state index in [0.29, 0.717) is 16.6 Å². The summed E-state index contributed by atoms with van der Waals surface area (Å²) < 4.78 is 0. The normalized spacial score (nSPS) is 23.8. The van der Waals surface area contributed by atoms with Crippen LogP contribution in [0.25, 0.3) is 0 Å². The number of rotatable bonds is 4. The molecular formula is C12H16ClN3O. The smallest absolute Gasteiger partial charge is 0.170 e. The molecule has 0 bridgehead atoms. The molecule has 0 radical (unpaired) electrons. The van der Waals surface area contributed by atoms with Crippen LogP contribution in [0.1, 0.15) is 24.5 Å². The Morgan fingerprint density at radius 3 is 2.88 bits per heavy atom. The highest BCUT2D eigenvalue weighted by Crippen LogP contribution is 2.29. The molecule has 92 valence electrons. The molecule has 1 aliphatic rings. The second kappa shape index (κ2) is 4.94. The molecule has 1 aliphatic carbocycles. The Labute approximate surface area is 105 Å². The van der Waals surface area contributed by atoms with Crippen molar-refractivity contribution < 1.29 is 5.21 Å². The zero-order valence-corrected chi connectivity index (χ0v) is 10.4. The number of hydrogen-bond donors (Lipinski definition) is 3. The number of nitrogens with two attached hydrogens (primary N) is 1. The van der Waals surface area contributed by atoms with Crippen molar-refractivity contribution >= 4 is 17.4 Å². The van der Waals surface area contributed by atoms with Crippen molar-refractivity contribution in [3.63, 3.8) is 0 Å². The van der Waals surface area contributed by atoms with E-state index >= 15 is 0 Å². The van der Waals surface area contributed by atoms with Crippen LogP contribution in [-0.2, 0) is 6.54 Å². The fourth-order valence-electron chi connectivity index (χ4n) is 1.76. The third kappa shape index (κ3) is 2.90. The standard InChI is InChI=1S/C12H16ClN3O/c1-7-4-11(7)15-6-9-3-2-8(5-10(9)13)12(14)16-17/h2-3,5,7,11,15,17H,4,6H2,1H3,(H2,14,16). The first-order valence-corrected chi connectivity index (χ1v) is 5.99. The van der Waals surface area contributed by atoms with Gasteiger partial charge in [-0.2, -0.15) is 0 Å². The van der Waals surface area contributed by atoms with Gasteiger partial charge in [0.05, 0.1) is 0 Å². The van der Waals surface area contributed by atoms with Crippen LogP contribution in [0.2, 0.25) is 5.02 Å². The van der Waals surface area contributed by atoms with Crippen LogP contribution in [0.5, 0.6) is 0 Å². The summed E-state index contributed by atoms with van der Waals surface area (Å²) in [5.74, 6) is 0.840. The summed E-state index contributed by atoms with van der Waals surface area (Å²) in [6.07, 6.45) is 1.24. The van der Waals surface area contributed by atoms with Gasteiger partial charge in [0.25, 0.3) is 0 Å². The summed E-state index contributed by atoms with van der Waals surface area (Å²) in [6.45, 7) is 2.98. The molecule has 2 rings (SSSR count). The molecule has 1 fully saturated rings. The van der Waals surface area contributed by atoms with Gasteiger partial charge < -0.3 is 16.3 Å². The van der Waals surface area contributed by atoms with Crippen molar-refractivity contribution in [3.8, 4) is 0 Å². The molecule has 1 aromatic carbocycles. The molecule has 0 spiro atoms. The van der Waals surface area contributed by atoms with Gasteiger partial charge in [-0.05, 0) is 24.0 Å². The lowest BCUT2D eigenvalue weighted by Crippen LogP contribution is -2.18. The minimum absolute atomic E-state index is 0.0715. The number of nitrogens with one attached hydrogen (secondary N) is 1. The molecule has 0 aromatic heterocycles. The molecule has 0 amide bonds. The van der Waals surface area contributed by atoms with Crippen LogP contribution in [0.15, 0.2) is 23.4 Å². The summed E-state index contributed by atoms with van der Waals surface area (Å²) in [5.41, 5.74) is 7.14. The average molecular weight is 254 g/mol. The monoisotopic (exact) mass is 253 g/mol. The van der Waals surface area contributed by atoms with E-state index in [-0.39, 0.29) is 5.84 Å². The van der Waals surface area contributed by atoms with Gasteiger partial charge in [0, 0.05) is 23.2 Å². The molecule has 2 atom stereocenters. The van der Waals surface area contributed by atoms with Crippen LogP contribution in [-0.4, -0.2) is 17.1 Å². The number of oxime groups is 1. The zero-order valence-electron chi connectivity index (χ0n) is 9.65. The molecule has 0 heterocycles. The summed E-state index contributed by atoms with van der Waals surface area (Å²) in [5, 5.41) is 15.6. The molecule has 4 nitrogen and oxygen atoms in total. The van der Waals surface area contributed by atoms with Crippen LogP contribution in [0.4, 0.5) is 0 Å². The maximum Gasteiger partial charge on any atom is 0.170 e. The molecule has 5 heteroatoms. The van der Waals surface area contributed by atoms with E-state index in [9.17, 15) is 0 Å². The molecule has 2 unspecified atom stereocenters. The third-order valence-electron chi connectivity index (χ3n) is 3.12. The highest BCUT2D eigenvalue weighted by molar-refractivity contribution is 6.31.